The molecule has 0 spiro atoms. The zero-order chi connectivity index (χ0) is 20.2. The molecule has 7 heteroatoms. The Labute approximate surface area is 193 Å². The number of hydrazone groups is 1. The van der Waals surface area contributed by atoms with E-state index in [-0.39, 0.29) is 24.0 Å². The SMILES string of the molecule is COc1ccc(C2=CN(c3cc[n+](C)cc3)NN=C2c2ccc(OC)cc2)cc1.[I-]. The number of rotatable bonds is 5. The zero-order valence-corrected chi connectivity index (χ0v) is 19.2. The monoisotopic (exact) mass is 514 g/mol. The third-order valence-electron chi connectivity index (χ3n) is 4.79. The molecule has 0 amide bonds. The van der Waals surface area contributed by atoms with E-state index < -0.39 is 0 Å². The standard InChI is InChI=1S/C23H23N4O2.HI/c1-26-14-12-19(13-15-26)27-16-22(17-4-8-20(28-2)9-5-17)23(24-25-27)18-6-10-21(29-3)11-7-18;/h4-16,25H,1-3H3;1H/q+1;/p-1. The fourth-order valence-electron chi connectivity index (χ4n) is 3.12. The average Bonchev–Trinajstić information content (AvgIpc) is 2.79. The Hall–Kier alpha value is -3.07. The molecule has 6 nitrogen and oxygen atoms in total. The summed E-state index contributed by atoms with van der Waals surface area (Å²) in [6, 6.07) is 19.9. The first-order chi connectivity index (χ1) is 14.2. The van der Waals surface area contributed by atoms with Crippen LogP contribution in [0.25, 0.3) is 5.57 Å². The molecule has 1 aromatic heterocycles. The van der Waals surface area contributed by atoms with E-state index in [4.69, 9.17) is 9.47 Å². The van der Waals surface area contributed by atoms with Gasteiger partial charge >= 0.3 is 0 Å². The number of anilines is 1. The maximum atomic E-state index is 5.31. The lowest BCUT2D eigenvalue weighted by Gasteiger charge is -2.26. The van der Waals surface area contributed by atoms with Crippen molar-refractivity contribution in [1.29, 1.82) is 0 Å². The Balaban J connectivity index is 0.00000256. The van der Waals surface area contributed by atoms with Crippen LogP contribution in [0.4, 0.5) is 5.69 Å². The van der Waals surface area contributed by atoms with E-state index in [1.807, 2.05) is 89.7 Å². The van der Waals surface area contributed by atoms with E-state index in [2.05, 4.69) is 16.8 Å². The summed E-state index contributed by atoms with van der Waals surface area (Å²) < 4.78 is 12.6. The van der Waals surface area contributed by atoms with Crippen molar-refractivity contribution in [3.63, 3.8) is 0 Å². The Kier molecular flexibility index (Phi) is 6.94. The molecule has 30 heavy (non-hydrogen) atoms. The number of aryl methyl sites for hydroxylation is 1. The van der Waals surface area contributed by atoms with Crippen molar-refractivity contribution in [2.45, 2.75) is 0 Å². The predicted octanol–water partition coefficient (Wildman–Crippen LogP) is 0.302. The van der Waals surface area contributed by atoms with Crippen LogP contribution >= 0.6 is 0 Å². The first-order valence-electron chi connectivity index (χ1n) is 9.27. The van der Waals surface area contributed by atoms with Gasteiger partial charge in [-0.3, -0.25) is 0 Å². The molecule has 1 N–H and O–H groups in total. The van der Waals surface area contributed by atoms with Gasteiger partial charge in [0.25, 0.3) is 0 Å². The highest BCUT2D eigenvalue weighted by Gasteiger charge is 2.20. The summed E-state index contributed by atoms with van der Waals surface area (Å²) >= 11 is 0. The largest absolute Gasteiger partial charge is 1.00 e. The predicted molar refractivity (Wildman–Crippen MR) is 114 cm³/mol. The summed E-state index contributed by atoms with van der Waals surface area (Å²) in [7, 11) is 5.32. The molecular weight excluding hydrogens is 491 g/mol. The minimum atomic E-state index is 0. The van der Waals surface area contributed by atoms with Crippen LogP contribution in [-0.4, -0.2) is 19.9 Å². The summed E-state index contributed by atoms with van der Waals surface area (Å²) in [6.45, 7) is 0. The third-order valence-corrected chi connectivity index (χ3v) is 4.79. The van der Waals surface area contributed by atoms with Gasteiger partial charge in [0.2, 0.25) is 0 Å². The summed E-state index contributed by atoms with van der Waals surface area (Å²) in [4.78, 5) is 0. The van der Waals surface area contributed by atoms with Crippen LogP contribution < -0.4 is 48.6 Å². The van der Waals surface area contributed by atoms with Crippen LogP contribution in [-0.2, 0) is 7.05 Å². The fraction of sp³-hybridized carbons (Fsp3) is 0.130. The van der Waals surface area contributed by atoms with Gasteiger partial charge in [-0.1, -0.05) is 12.1 Å². The quantitative estimate of drug-likeness (QED) is 0.394. The van der Waals surface area contributed by atoms with Crippen LogP contribution in [0.1, 0.15) is 11.1 Å². The number of nitrogens with one attached hydrogen (secondary N) is 1. The Morgan fingerprint density at radius 2 is 1.33 bits per heavy atom. The summed E-state index contributed by atoms with van der Waals surface area (Å²) in [5.41, 5.74) is 8.04. The number of pyridine rings is 1. The zero-order valence-electron chi connectivity index (χ0n) is 17.0. The number of hydrogen-bond acceptors (Lipinski definition) is 5. The molecule has 2 heterocycles. The first kappa shape index (κ1) is 21.6. The summed E-state index contributed by atoms with van der Waals surface area (Å²) in [6.07, 6.45) is 6.06. The second kappa shape index (κ2) is 9.62. The van der Waals surface area contributed by atoms with Crippen molar-refractivity contribution in [2.24, 2.45) is 12.1 Å². The number of ether oxygens (including phenoxy) is 2. The number of halogens is 1. The highest BCUT2D eigenvalue weighted by Crippen LogP contribution is 2.28. The second-order valence-electron chi connectivity index (χ2n) is 6.65. The van der Waals surface area contributed by atoms with Gasteiger partial charge < -0.3 is 33.5 Å². The maximum Gasteiger partial charge on any atom is 0.170 e. The van der Waals surface area contributed by atoms with Crippen LogP contribution in [0, 0.1) is 0 Å². The minimum absolute atomic E-state index is 0. The van der Waals surface area contributed by atoms with Gasteiger partial charge in [0.1, 0.15) is 24.3 Å². The van der Waals surface area contributed by atoms with Crippen molar-refractivity contribution < 1.29 is 38.0 Å². The van der Waals surface area contributed by atoms with Gasteiger partial charge in [0, 0.05) is 29.5 Å². The average molecular weight is 514 g/mol. The van der Waals surface area contributed by atoms with Gasteiger partial charge in [-0.05, 0) is 42.0 Å². The van der Waals surface area contributed by atoms with Gasteiger partial charge in [-0.25, -0.2) is 15.1 Å². The van der Waals surface area contributed by atoms with E-state index in [9.17, 15) is 0 Å². The van der Waals surface area contributed by atoms with E-state index in [1.54, 1.807) is 14.2 Å². The van der Waals surface area contributed by atoms with E-state index in [0.29, 0.717) is 0 Å². The van der Waals surface area contributed by atoms with Crippen LogP contribution in [0.5, 0.6) is 11.5 Å². The van der Waals surface area contributed by atoms with E-state index in [0.717, 1.165) is 39.6 Å². The first-order valence-corrected chi connectivity index (χ1v) is 9.27. The van der Waals surface area contributed by atoms with E-state index in [1.165, 1.54) is 0 Å². The maximum absolute atomic E-state index is 5.31. The summed E-state index contributed by atoms with van der Waals surface area (Å²) in [5, 5.41) is 6.59. The molecular formula is C23H23IN4O2. The number of allylic oxidation sites excluding steroid dienone is 1. The van der Waals surface area contributed by atoms with Crippen molar-refractivity contribution in [2.75, 3.05) is 19.2 Å². The molecule has 0 aliphatic carbocycles. The number of methoxy groups -OCH3 is 2. The highest BCUT2D eigenvalue weighted by molar-refractivity contribution is 6.32. The fourth-order valence-corrected chi connectivity index (χ4v) is 3.12. The molecule has 4 rings (SSSR count). The summed E-state index contributed by atoms with van der Waals surface area (Å²) in [5.74, 6) is 1.63. The van der Waals surface area contributed by atoms with E-state index >= 15 is 0 Å². The Bertz CT molecular complexity index is 1050. The minimum Gasteiger partial charge on any atom is -1.00 e. The highest BCUT2D eigenvalue weighted by atomic mass is 127. The molecule has 2 aromatic carbocycles. The lowest BCUT2D eigenvalue weighted by atomic mass is 9.96. The molecule has 1 aliphatic heterocycles. The molecule has 0 bridgehead atoms. The van der Waals surface area contributed by atoms with Crippen LogP contribution in [0.15, 0.2) is 84.4 Å². The number of benzene rings is 2. The lowest BCUT2D eigenvalue weighted by molar-refractivity contribution is -0.671. The topological polar surface area (TPSA) is 50.0 Å². The lowest BCUT2D eigenvalue weighted by Crippen LogP contribution is -3.00. The van der Waals surface area contributed by atoms with Crippen LogP contribution in [0.2, 0.25) is 0 Å². The van der Waals surface area contributed by atoms with Gasteiger partial charge in [-0.15, -0.1) is 0 Å². The molecule has 154 valence electrons. The van der Waals surface area contributed by atoms with Crippen LogP contribution in [0.3, 0.4) is 0 Å². The number of aromatic nitrogens is 1. The normalized spacial score (nSPS) is 12.8. The molecule has 0 radical (unpaired) electrons. The number of hydrogen-bond donors (Lipinski definition) is 1. The second-order valence-corrected chi connectivity index (χ2v) is 6.65. The Morgan fingerprint density at radius 1 is 0.800 bits per heavy atom. The van der Waals surface area contributed by atoms with Crippen molar-refractivity contribution in [3.05, 3.63) is 90.4 Å². The molecule has 3 aromatic rings. The molecule has 0 saturated carbocycles. The molecule has 0 unspecified atom stereocenters. The van der Waals surface area contributed by atoms with Crippen molar-refractivity contribution in [3.8, 4) is 11.5 Å². The van der Waals surface area contributed by atoms with Gasteiger partial charge in [0.05, 0.1) is 19.9 Å². The third kappa shape index (κ3) is 4.56. The van der Waals surface area contributed by atoms with Crippen molar-refractivity contribution in [1.82, 2.24) is 5.53 Å². The Morgan fingerprint density at radius 3 is 1.87 bits per heavy atom. The number of nitrogens with zero attached hydrogens (tertiary/aromatic N) is 3. The smallest absolute Gasteiger partial charge is 0.170 e. The van der Waals surface area contributed by atoms with Gasteiger partial charge in [0.15, 0.2) is 12.4 Å². The molecule has 0 fully saturated rings. The number of hydrazine groups is 1. The molecule has 1 aliphatic rings. The van der Waals surface area contributed by atoms with Gasteiger partial charge in [-0.2, -0.15) is 5.10 Å². The molecule has 0 atom stereocenters. The van der Waals surface area contributed by atoms with Crippen molar-refractivity contribution >= 4 is 17.0 Å². The molecule has 0 saturated heterocycles.